The molecule has 2 aliphatic rings. The lowest BCUT2D eigenvalue weighted by molar-refractivity contribution is 0.0927. The van der Waals surface area contributed by atoms with Gasteiger partial charge in [-0.05, 0) is 48.4 Å². The molecule has 5 aromatic rings. The number of aromatic nitrogens is 6. The fraction of sp³-hybridized carbons (Fsp3) is 0.387. The highest BCUT2D eigenvalue weighted by Crippen LogP contribution is 2.39. The Bertz CT molecular complexity index is 1790. The van der Waals surface area contributed by atoms with Gasteiger partial charge in [-0.25, -0.2) is 19.2 Å². The number of H-pyrrole nitrogens is 1. The van der Waals surface area contributed by atoms with Crippen LogP contribution in [0.5, 0.6) is 0 Å². The van der Waals surface area contributed by atoms with E-state index in [1.54, 1.807) is 6.07 Å². The second-order valence-electron chi connectivity index (χ2n) is 11.5. The summed E-state index contributed by atoms with van der Waals surface area (Å²) in [5.41, 5.74) is 3.11. The number of morpholine rings is 1. The Morgan fingerprint density at radius 2 is 1.88 bits per heavy atom. The van der Waals surface area contributed by atoms with Gasteiger partial charge < -0.3 is 14.2 Å². The fourth-order valence-electron chi connectivity index (χ4n) is 6.30. The molecule has 0 unspecified atom stereocenters. The zero-order valence-corrected chi connectivity index (χ0v) is 24.4. The Morgan fingerprint density at radius 1 is 1.07 bits per heavy atom. The maximum atomic E-state index is 14.7. The number of ether oxygens (including phenoxy) is 1. The maximum absolute atomic E-state index is 14.7. The highest BCUT2D eigenvalue weighted by atomic mass is 35.5. The maximum Gasteiger partial charge on any atom is 0.439 e. The van der Waals surface area contributed by atoms with Crippen molar-refractivity contribution in [3.8, 4) is 22.9 Å². The number of aromatic amines is 1. The Labute approximate surface area is 251 Å². The van der Waals surface area contributed by atoms with Gasteiger partial charge in [0.15, 0.2) is 5.65 Å². The van der Waals surface area contributed by atoms with Gasteiger partial charge in [-0.2, -0.15) is 4.98 Å². The molecule has 0 radical (unpaired) electrons. The summed E-state index contributed by atoms with van der Waals surface area (Å²) in [5.74, 6) is 0.826. The van der Waals surface area contributed by atoms with Crippen molar-refractivity contribution in [2.75, 3.05) is 24.7 Å². The second kappa shape index (κ2) is 11.5. The lowest BCUT2D eigenvalue weighted by atomic mass is 9.83. The summed E-state index contributed by atoms with van der Waals surface area (Å²) in [6.45, 7) is 4.70. The number of halogens is 2. The van der Waals surface area contributed by atoms with Gasteiger partial charge in [0.2, 0.25) is 17.6 Å². The monoisotopic (exact) mass is 603 g/mol. The average Bonchev–Trinajstić information content (AvgIpc) is 3.61. The van der Waals surface area contributed by atoms with Crippen LogP contribution in [0.25, 0.3) is 34.1 Å². The minimum absolute atomic E-state index is 0.0570. The van der Waals surface area contributed by atoms with Gasteiger partial charge in [-0.1, -0.05) is 66.9 Å². The molecule has 1 saturated carbocycles. The molecule has 3 aromatic heterocycles. The summed E-state index contributed by atoms with van der Waals surface area (Å²) in [5, 5.41) is 4.04. The third-order valence-corrected chi connectivity index (χ3v) is 8.74. The molecule has 2 fully saturated rings. The van der Waals surface area contributed by atoms with Crippen LogP contribution in [0.4, 0.5) is 10.3 Å². The zero-order chi connectivity index (χ0) is 29.5. The van der Waals surface area contributed by atoms with Crippen LogP contribution in [-0.2, 0) is 11.3 Å². The minimum Gasteiger partial charge on any atom is -0.377 e. The van der Waals surface area contributed by atoms with E-state index in [-0.39, 0.29) is 22.7 Å². The SMILES string of the molecule is CC1CCC(Cn2c(N3CCOC[C@H]3c3ccccc3)nc3nc(-c4noc(=O)[nH]4)nc(-c4cc(F)cc(Cl)c4)c32)CC1. The van der Waals surface area contributed by atoms with Crippen molar-refractivity contribution in [1.29, 1.82) is 0 Å². The highest BCUT2D eigenvalue weighted by Gasteiger charge is 2.32. The van der Waals surface area contributed by atoms with E-state index in [1.807, 2.05) is 18.2 Å². The molecule has 2 aromatic carbocycles. The van der Waals surface area contributed by atoms with Gasteiger partial charge in [-0.3, -0.25) is 9.51 Å². The number of nitrogens with one attached hydrogen (secondary N) is 1. The van der Waals surface area contributed by atoms with E-state index in [0.717, 1.165) is 24.4 Å². The highest BCUT2D eigenvalue weighted by molar-refractivity contribution is 6.30. The van der Waals surface area contributed by atoms with Gasteiger partial charge in [0.1, 0.15) is 17.0 Å². The Balaban J connectivity index is 1.47. The molecule has 0 spiro atoms. The molecular weight excluding hydrogens is 573 g/mol. The molecule has 0 amide bonds. The third kappa shape index (κ3) is 5.54. The van der Waals surface area contributed by atoms with E-state index in [9.17, 15) is 9.18 Å². The molecule has 7 rings (SSSR count). The van der Waals surface area contributed by atoms with E-state index >= 15 is 0 Å². The van der Waals surface area contributed by atoms with Crippen LogP contribution < -0.4 is 10.7 Å². The molecule has 10 nitrogen and oxygen atoms in total. The number of anilines is 1. The first-order valence-electron chi connectivity index (χ1n) is 14.6. The topological polar surface area (TPSA) is 115 Å². The molecule has 1 atom stereocenters. The van der Waals surface area contributed by atoms with E-state index in [4.69, 9.17) is 35.8 Å². The van der Waals surface area contributed by atoms with Crippen LogP contribution in [0.2, 0.25) is 5.02 Å². The molecule has 12 heteroatoms. The van der Waals surface area contributed by atoms with Crippen molar-refractivity contribution in [3.63, 3.8) is 0 Å². The van der Waals surface area contributed by atoms with Crippen LogP contribution >= 0.6 is 11.6 Å². The van der Waals surface area contributed by atoms with Crippen molar-refractivity contribution >= 4 is 28.7 Å². The average molecular weight is 604 g/mol. The molecule has 222 valence electrons. The van der Waals surface area contributed by atoms with E-state index in [0.29, 0.717) is 60.6 Å². The van der Waals surface area contributed by atoms with Crippen LogP contribution in [0.1, 0.15) is 44.2 Å². The number of imidazole rings is 1. The third-order valence-electron chi connectivity index (χ3n) is 8.52. The molecular formula is C31H31ClFN7O3. The molecule has 1 aliphatic heterocycles. The smallest absolute Gasteiger partial charge is 0.377 e. The Morgan fingerprint density at radius 3 is 2.63 bits per heavy atom. The molecule has 0 bridgehead atoms. The van der Waals surface area contributed by atoms with Crippen LogP contribution in [0.3, 0.4) is 0 Å². The van der Waals surface area contributed by atoms with E-state index in [2.05, 4.69) is 38.7 Å². The first-order valence-corrected chi connectivity index (χ1v) is 15.0. The first kappa shape index (κ1) is 27.7. The van der Waals surface area contributed by atoms with Gasteiger partial charge in [-0.15, -0.1) is 0 Å². The number of nitrogens with zero attached hydrogens (tertiary/aromatic N) is 6. The largest absolute Gasteiger partial charge is 0.439 e. The van der Waals surface area contributed by atoms with E-state index in [1.165, 1.54) is 25.0 Å². The number of benzene rings is 2. The first-order chi connectivity index (χ1) is 20.9. The number of rotatable bonds is 6. The molecule has 1 aliphatic carbocycles. The van der Waals surface area contributed by atoms with Crippen molar-refractivity contribution in [3.05, 3.63) is 75.5 Å². The fourth-order valence-corrected chi connectivity index (χ4v) is 6.53. The van der Waals surface area contributed by atoms with Crippen molar-refractivity contribution in [2.24, 2.45) is 11.8 Å². The molecule has 1 saturated heterocycles. The lowest BCUT2D eigenvalue weighted by Gasteiger charge is -2.37. The summed E-state index contributed by atoms with van der Waals surface area (Å²) < 4.78 is 27.6. The van der Waals surface area contributed by atoms with Crippen molar-refractivity contribution in [1.82, 2.24) is 29.7 Å². The zero-order valence-electron chi connectivity index (χ0n) is 23.7. The van der Waals surface area contributed by atoms with Gasteiger partial charge in [0.05, 0.1) is 19.3 Å². The normalized spacial score (nSPS) is 21.0. The van der Waals surface area contributed by atoms with Crippen LogP contribution in [0.15, 0.2) is 57.8 Å². The lowest BCUT2D eigenvalue weighted by Crippen LogP contribution is -2.41. The molecule has 43 heavy (non-hydrogen) atoms. The second-order valence-corrected chi connectivity index (χ2v) is 11.9. The van der Waals surface area contributed by atoms with Crippen LogP contribution in [-0.4, -0.2) is 49.4 Å². The standard InChI is InChI=1S/C31H31ClFN7O3/c1-18-7-9-19(10-8-18)16-40-26-25(21-13-22(32)15-23(33)14-21)34-28(29-37-31(41)43-38-29)35-27(26)36-30(40)39-11-12-42-17-24(39)20-5-3-2-4-6-20/h2-6,13-15,18-19,24H,7-12,16-17H2,1H3,(H,37,38,41)/t18?,19?,24-/m0/s1. The summed E-state index contributed by atoms with van der Waals surface area (Å²) in [7, 11) is 0. The quantitative estimate of drug-likeness (QED) is 0.250. The molecule has 1 N–H and O–H groups in total. The Kier molecular flexibility index (Phi) is 7.44. The summed E-state index contributed by atoms with van der Waals surface area (Å²) in [4.78, 5) is 31.3. The number of hydrogen-bond donors (Lipinski definition) is 1. The predicted molar refractivity (Wildman–Crippen MR) is 160 cm³/mol. The van der Waals surface area contributed by atoms with Gasteiger partial charge >= 0.3 is 5.76 Å². The number of fused-ring (bicyclic) bond motifs is 1. The van der Waals surface area contributed by atoms with Gasteiger partial charge in [0.25, 0.3) is 0 Å². The van der Waals surface area contributed by atoms with Crippen molar-refractivity contribution < 1.29 is 13.7 Å². The molecule has 4 heterocycles. The Hall–Kier alpha value is -4.09. The van der Waals surface area contributed by atoms with Gasteiger partial charge in [0, 0.05) is 23.7 Å². The van der Waals surface area contributed by atoms with E-state index < -0.39 is 11.6 Å². The van der Waals surface area contributed by atoms with Crippen molar-refractivity contribution in [2.45, 2.75) is 45.2 Å². The predicted octanol–water partition coefficient (Wildman–Crippen LogP) is 6.03. The summed E-state index contributed by atoms with van der Waals surface area (Å²) in [6.07, 6.45) is 4.55. The van der Waals surface area contributed by atoms with Crippen LogP contribution in [0, 0.1) is 17.7 Å². The number of hydrogen-bond acceptors (Lipinski definition) is 8. The summed E-state index contributed by atoms with van der Waals surface area (Å²) in [6, 6.07) is 14.5. The summed E-state index contributed by atoms with van der Waals surface area (Å²) >= 11 is 6.33. The minimum atomic E-state index is -0.731.